The average Bonchev–Trinajstić information content (AvgIpc) is 2.37. The lowest BCUT2D eigenvalue weighted by Crippen LogP contribution is -2.46. The molecular weight excluding hydrogens is 270 g/mol. The van der Waals surface area contributed by atoms with Crippen LogP contribution in [0.4, 0.5) is 0 Å². The highest BCUT2D eigenvalue weighted by molar-refractivity contribution is 7.89. The predicted molar refractivity (Wildman–Crippen MR) is 68.9 cm³/mol. The lowest BCUT2D eigenvalue weighted by Gasteiger charge is -2.24. The first kappa shape index (κ1) is 14.1. The Labute approximate surface area is 112 Å². The molecule has 0 unspecified atom stereocenters. The highest BCUT2D eigenvalue weighted by atomic mass is 32.2. The molecule has 2 N–H and O–H groups in total. The van der Waals surface area contributed by atoms with E-state index in [4.69, 9.17) is 14.6 Å². The molecule has 0 saturated heterocycles. The van der Waals surface area contributed by atoms with Crippen LogP contribution in [0, 0.1) is 0 Å². The Morgan fingerprint density at radius 3 is 2.53 bits per heavy atom. The van der Waals surface area contributed by atoms with Crippen molar-refractivity contribution in [3.63, 3.8) is 0 Å². The monoisotopic (exact) mass is 287 g/mol. The van der Waals surface area contributed by atoms with E-state index in [-0.39, 0.29) is 11.5 Å². The summed E-state index contributed by atoms with van der Waals surface area (Å²) >= 11 is 0. The van der Waals surface area contributed by atoms with Gasteiger partial charge in [0.1, 0.15) is 13.2 Å². The third-order valence-corrected chi connectivity index (χ3v) is 4.33. The number of hydrogen-bond acceptors (Lipinski definition) is 5. The fourth-order valence-corrected chi connectivity index (χ4v) is 3.07. The molecule has 1 aliphatic heterocycles. The van der Waals surface area contributed by atoms with E-state index in [0.717, 1.165) is 0 Å². The Balaban J connectivity index is 2.31. The SMILES string of the molecule is CC(C)(CO)NS(=O)(=O)c1ccc2c(c1)OCCO2. The second kappa shape index (κ2) is 4.99. The fraction of sp³-hybridized carbons (Fsp3) is 0.500. The second-order valence-electron chi connectivity index (χ2n) is 4.95. The summed E-state index contributed by atoms with van der Waals surface area (Å²) in [5.74, 6) is 0.947. The van der Waals surface area contributed by atoms with Gasteiger partial charge < -0.3 is 14.6 Å². The standard InChI is InChI=1S/C12H17NO5S/c1-12(2,8-14)13-19(15,16)9-3-4-10-11(7-9)18-6-5-17-10/h3-4,7,13-14H,5-6,8H2,1-2H3. The van der Waals surface area contributed by atoms with E-state index >= 15 is 0 Å². The van der Waals surface area contributed by atoms with Crippen LogP contribution in [-0.2, 0) is 10.0 Å². The zero-order valence-corrected chi connectivity index (χ0v) is 11.7. The highest BCUT2D eigenvalue weighted by Gasteiger charge is 2.26. The molecule has 0 atom stereocenters. The summed E-state index contributed by atoms with van der Waals surface area (Å²) in [5.41, 5.74) is -0.925. The molecule has 0 aromatic heterocycles. The third kappa shape index (κ3) is 3.17. The topological polar surface area (TPSA) is 84.9 Å². The summed E-state index contributed by atoms with van der Waals surface area (Å²) < 4.78 is 37.5. The van der Waals surface area contributed by atoms with Gasteiger partial charge in [-0.25, -0.2) is 13.1 Å². The molecule has 6 nitrogen and oxygen atoms in total. The van der Waals surface area contributed by atoms with E-state index < -0.39 is 15.6 Å². The van der Waals surface area contributed by atoms with E-state index in [1.165, 1.54) is 12.1 Å². The molecule has 0 bridgehead atoms. The van der Waals surface area contributed by atoms with Gasteiger partial charge in [-0.3, -0.25) is 0 Å². The first-order chi connectivity index (χ1) is 8.84. The maximum atomic E-state index is 12.2. The van der Waals surface area contributed by atoms with Crippen molar-refractivity contribution in [2.45, 2.75) is 24.3 Å². The van der Waals surface area contributed by atoms with Crippen LogP contribution in [0.25, 0.3) is 0 Å². The van der Waals surface area contributed by atoms with Crippen LogP contribution < -0.4 is 14.2 Å². The zero-order chi connectivity index (χ0) is 14.1. The van der Waals surface area contributed by atoms with Crippen LogP contribution in [0.2, 0.25) is 0 Å². The fourth-order valence-electron chi connectivity index (χ4n) is 1.65. The van der Waals surface area contributed by atoms with Gasteiger partial charge in [-0.2, -0.15) is 0 Å². The molecule has 1 aromatic carbocycles. The number of benzene rings is 1. The van der Waals surface area contributed by atoms with Crippen LogP contribution in [0.15, 0.2) is 23.1 Å². The van der Waals surface area contributed by atoms with Gasteiger partial charge in [-0.05, 0) is 26.0 Å². The number of sulfonamides is 1. The van der Waals surface area contributed by atoms with Crippen molar-refractivity contribution in [1.29, 1.82) is 0 Å². The Morgan fingerprint density at radius 1 is 1.26 bits per heavy atom. The van der Waals surface area contributed by atoms with E-state index in [1.54, 1.807) is 19.9 Å². The predicted octanol–water partition coefficient (Wildman–Crippen LogP) is 0.507. The number of nitrogens with one attached hydrogen (secondary N) is 1. The summed E-state index contributed by atoms with van der Waals surface area (Å²) in [6.07, 6.45) is 0. The Hall–Kier alpha value is -1.31. The molecule has 2 rings (SSSR count). The molecular formula is C12H17NO5S. The summed E-state index contributed by atoms with van der Waals surface area (Å²) in [6.45, 7) is 3.75. The molecule has 1 heterocycles. The van der Waals surface area contributed by atoms with Gasteiger partial charge >= 0.3 is 0 Å². The van der Waals surface area contributed by atoms with Crippen molar-refractivity contribution < 1.29 is 23.0 Å². The summed E-state index contributed by atoms with van der Waals surface area (Å²) in [7, 11) is -3.71. The minimum absolute atomic E-state index is 0.0817. The van der Waals surface area contributed by atoms with Crippen molar-refractivity contribution in [2.75, 3.05) is 19.8 Å². The minimum Gasteiger partial charge on any atom is -0.486 e. The van der Waals surface area contributed by atoms with Crippen LogP contribution in [0.5, 0.6) is 11.5 Å². The number of rotatable bonds is 4. The van der Waals surface area contributed by atoms with Crippen LogP contribution in [0.3, 0.4) is 0 Å². The van der Waals surface area contributed by atoms with Crippen molar-refractivity contribution in [3.05, 3.63) is 18.2 Å². The first-order valence-electron chi connectivity index (χ1n) is 5.88. The van der Waals surface area contributed by atoms with E-state index in [1.807, 2.05) is 0 Å². The van der Waals surface area contributed by atoms with Gasteiger partial charge in [0, 0.05) is 6.07 Å². The lowest BCUT2D eigenvalue weighted by atomic mass is 10.1. The molecule has 0 spiro atoms. The number of aliphatic hydroxyl groups excluding tert-OH is 1. The number of ether oxygens (including phenoxy) is 2. The molecule has 0 aliphatic carbocycles. The molecule has 0 amide bonds. The van der Waals surface area contributed by atoms with E-state index in [9.17, 15) is 8.42 Å². The third-order valence-electron chi connectivity index (χ3n) is 2.63. The average molecular weight is 287 g/mol. The molecule has 106 valence electrons. The number of hydrogen-bond donors (Lipinski definition) is 2. The quantitative estimate of drug-likeness (QED) is 0.842. The van der Waals surface area contributed by atoms with Crippen LogP contribution in [-0.4, -0.2) is 38.9 Å². The second-order valence-corrected chi connectivity index (χ2v) is 6.64. The largest absolute Gasteiger partial charge is 0.486 e. The van der Waals surface area contributed by atoms with Gasteiger partial charge in [0.15, 0.2) is 11.5 Å². The molecule has 19 heavy (non-hydrogen) atoms. The maximum absolute atomic E-state index is 12.2. The molecule has 1 aromatic rings. The first-order valence-corrected chi connectivity index (χ1v) is 7.37. The molecule has 1 aliphatic rings. The van der Waals surface area contributed by atoms with E-state index in [2.05, 4.69) is 4.72 Å². The Morgan fingerprint density at radius 2 is 1.89 bits per heavy atom. The number of fused-ring (bicyclic) bond motifs is 1. The Kier molecular flexibility index (Phi) is 3.71. The van der Waals surface area contributed by atoms with Gasteiger partial charge in [0.25, 0.3) is 0 Å². The van der Waals surface area contributed by atoms with Gasteiger partial charge in [0.2, 0.25) is 10.0 Å². The maximum Gasteiger partial charge on any atom is 0.241 e. The lowest BCUT2D eigenvalue weighted by molar-refractivity contribution is 0.171. The molecule has 0 saturated carbocycles. The molecule has 7 heteroatoms. The minimum atomic E-state index is -3.71. The summed E-state index contributed by atoms with van der Waals surface area (Å²) in [5, 5.41) is 9.12. The zero-order valence-electron chi connectivity index (χ0n) is 10.8. The molecule has 0 radical (unpaired) electrons. The van der Waals surface area contributed by atoms with Crippen LogP contribution in [0.1, 0.15) is 13.8 Å². The summed E-state index contributed by atoms with van der Waals surface area (Å²) in [4.78, 5) is 0.0817. The van der Waals surface area contributed by atoms with Crippen molar-refractivity contribution in [3.8, 4) is 11.5 Å². The van der Waals surface area contributed by atoms with Crippen molar-refractivity contribution in [2.24, 2.45) is 0 Å². The highest BCUT2D eigenvalue weighted by Crippen LogP contribution is 2.32. The van der Waals surface area contributed by atoms with Crippen molar-refractivity contribution >= 4 is 10.0 Å². The summed E-state index contributed by atoms with van der Waals surface area (Å²) in [6, 6.07) is 4.43. The van der Waals surface area contributed by atoms with Crippen molar-refractivity contribution in [1.82, 2.24) is 4.72 Å². The van der Waals surface area contributed by atoms with E-state index in [0.29, 0.717) is 24.7 Å². The van der Waals surface area contributed by atoms with Gasteiger partial charge in [-0.1, -0.05) is 0 Å². The molecule has 0 fully saturated rings. The van der Waals surface area contributed by atoms with Gasteiger partial charge in [0.05, 0.1) is 17.0 Å². The normalized spacial score (nSPS) is 15.3. The Bertz CT molecular complexity index is 567. The number of aliphatic hydroxyl groups is 1. The van der Waals surface area contributed by atoms with Crippen LogP contribution >= 0.6 is 0 Å². The van der Waals surface area contributed by atoms with Gasteiger partial charge in [-0.15, -0.1) is 0 Å². The smallest absolute Gasteiger partial charge is 0.241 e.